The normalized spacial score (nSPS) is 8.43. The smallest absolute Gasteiger partial charge is 0.870 e. The molecule has 0 fully saturated rings. The first-order valence-corrected chi connectivity index (χ1v) is 2.24. The Bertz CT molecular complexity index is 54.2. The average Bonchev–Trinajstić information content (AvgIpc) is 0.722. The summed E-state index contributed by atoms with van der Waals surface area (Å²) in [5.41, 5.74) is 0. The Kier molecular flexibility index (Phi) is 10.6. The molecule has 0 saturated heterocycles. The van der Waals surface area contributed by atoms with Gasteiger partial charge in [-0.05, 0) is 0 Å². The van der Waals surface area contributed by atoms with Crippen molar-refractivity contribution in [1.82, 2.24) is 0 Å². The van der Waals surface area contributed by atoms with Crippen LogP contribution < -0.4 is 9.79 Å². The molecule has 0 saturated carbocycles. The standard InChI is InChI=1S/Cu.H3O4P.H2O/c;1-5(2,3)4;/h;(H3,1,2,3,4);1H2/q+3;;/p-3. The molecular formula is H2CuO5P. The molecule has 48 valence electrons. The van der Waals surface area contributed by atoms with Crippen LogP contribution in [0.1, 0.15) is 0 Å². The molecule has 0 aromatic heterocycles. The fourth-order valence-corrected chi connectivity index (χ4v) is 0. The molecule has 2 N–H and O–H groups in total. The fourth-order valence-electron chi connectivity index (χ4n) is 0. The van der Waals surface area contributed by atoms with Gasteiger partial charge in [-0.3, -0.25) is 0 Å². The van der Waals surface area contributed by atoms with Gasteiger partial charge in [0, 0.05) is 0 Å². The number of rotatable bonds is 0. The van der Waals surface area contributed by atoms with Gasteiger partial charge >= 0.3 is 17.1 Å². The van der Waals surface area contributed by atoms with Crippen LogP contribution >= 0.6 is 7.82 Å². The monoisotopic (exact) mass is 176 g/mol. The molecule has 0 unspecified atom stereocenters. The molecule has 0 heterocycles. The van der Waals surface area contributed by atoms with Crippen molar-refractivity contribution >= 4 is 7.82 Å². The Balaban J connectivity index is -0.0000000800. The van der Waals surface area contributed by atoms with E-state index in [9.17, 15) is 0 Å². The summed E-state index contributed by atoms with van der Waals surface area (Å²) in [5.74, 6) is 0. The second-order valence-corrected chi connectivity index (χ2v) is 1.41. The average molecular weight is 177 g/mol. The summed E-state index contributed by atoms with van der Waals surface area (Å²) in [5, 5.41) is 0. The van der Waals surface area contributed by atoms with Gasteiger partial charge in [0.05, 0.1) is 7.82 Å². The number of hydrogen-bond donors (Lipinski definition) is 1. The predicted octanol–water partition coefficient (Wildman–Crippen LogP) is -2.37. The van der Waals surface area contributed by atoms with E-state index in [0.717, 1.165) is 0 Å². The number of hydrogen-bond acceptors (Lipinski definition) is 4. The first-order chi connectivity index (χ1) is 2.00. The zero-order valence-corrected chi connectivity index (χ0v) is 4.70. The van der Waals surface area contributed by atoms with Crippen LogP contribution in [0, 0.1) is 0 Å². The molecule has 0 aromatic carbocycles. The first kappa shape index (κ1) is 15.6. The van der Waals surface area contributed by atoms with Crippen LogP contribution in [-0.2, 0) is 21.6 Å². The second-order valence-electron chi connectivity index (χ2n) is 0.469. The molecule has 0 aromatic rings. The summed E-state index contributed by atoms with van der Waals surface area (Å²) in [6.07, 6.45) is 0. The van der Waals surface area contributed by atoms with Gasteiger partial charge in [-0.15, -0.1) is 0 Å². The second kappa shape index (κ2) is 4.74. The van der Waals surface area contributed by atoms with Crippen LogP contribution in [0.2, 0.25) is 0 Å². The molecule has 0 aliphatic carbocycles. The van der Waals surface area contributed by atoms with Gasteiger partial charge in [0.15, 0.2) is 0 Å². The molecule has 0 atom stereocenters. The Morgan fingerprint density at radius 3 is 1.43 bits per heavy atom. The van der Waals surface area contributed by atoms with Gasteiger partial charge in [-0.25, -0.2) is 0 Å². The minimum atomic E-state index is -5.14. The molecule has 0 aliphatic rings. The van der Waals surface area contributed by atoms with E-state index in [1.165, 1.54) is 0 Å². The van der Waals surface area contributed by atoms with Crippen molar-refractivity contribution in [2.24, 2.45) is 0 Å². The maximum absolute atomic E-state index is 8.66. The summed E-state index contributed by atoms with van der Waals surface area (Å²) in [6.45, 7) is 0. The Labute approximate surface area is 50.4 Å². The predicted molar refractivity (Wildman–Crippen MR) is 11.8 cm³/mol. The van der Waals surface area contributed by atoms with Crippen LogP contribution in [0.15, 0.2) is 0 Å². The summed E-state index contributed by atoms with van der Waals surface area (Å²) in [4.78, 5) is 24.3. The summed E-state index contributed by atoms with van der Waals surface area (Å²) < 4.78 is 8.66. The van der Waals surface area contributed by atoms with Crippen molar-refractivity contribution < 1.29 is 41.8 Å². The molecule has 0 bridgehead atoms. The molecular weight excluding hydrogens is 175 g/mol. The molecule has 0 aliphatic heterocycles. The topological polar surface area (TPSA) is 113 Å². The van der Waals surface area contributed by atoms with E-state index < -0.39 is 7.82 Å². The largest absolute Gasteiger partial charge is 3.00 e. The minimum absolute atomic E-state index is 0. The zero-order valence-electron chi connectivity index (χ0n) is 2.87. The molecule has 7 heteroatoms. The SMILES string of the molecule is O=P([O-])([O-])O.[Cu+3].[OH-]. The van der Waals surface area contributed by atoms with Gasteiger partial charge in [0.1, 0.15) is 0 Å². The van der Waals surface area contributed by atoms with Crippen molar-refractivity contribution in [2.75, 3.05) is 0 Å². The summed E-state index contributed by atoms with van der Waals surface area (Å²) >= 11 is 0. The van der Waals surface area contributed by atoms with E-state index >= 15 is 0 Å². The zero-order chi connectivity index (χ0) is 4.50. The third kappa shape index (κ3) is 399. The molecule has 5 nitrogen and oxygen atoms in total. The first-order valence-electron chi connectivity index (χ1n) is 0.748. The van der Waals surface area contributed by atoms with E-state index in [4.69, 9.17) is 19.2 Å². The van der Waals surface area contributed by atoms with Gasteiger partial charge in [-0.1, -0.05) is 0 Å². The van der Waals surface area contributed by atoms with Gasteiger partial charge < -0.3 is 24.7 Å². The molecule has 0 spiro atoms. The molecule has 7 heavy (non-hydrogen) atoms. The molecule has 0 radical (unpaired) electrons. The third-order valence-electron chi connectivity index (χ3n) is 0. The quantitative estimate of drug-likeness (QED) is 0.327. The van der Waals surface area contributed by atoms with Crippen LogP contribution in [0.3, 0.4) is 0 Å². The van der Waals surface area contributed by atoms with E-state index in [2.05, 4.69) is 0 Å². The van der Waals surface area contributed by atoms with Crippen LogP contribution in [0.4, 0.5) is 0 Å². The third-order valence-corrected chi connectivity index (χ3v) is 0. The molecule has 0 rings (SSSR count). The minimum Gasteiger partial charge on any atom is -0.870 e. The van der Waals surface area contributed by atoms with Crippen molar-refractivity contribution in [1.29, 1.82) is 0 Å². The van der Waals surface area contributed by atoms with Crippen LogP contribution in [0.25, 0.3) is 0 Å². The number of phosphoric acid groups is 1. The van der Waals surface area contributed by atoms with E-state index in [1.54, 1.807) is 0 Å². The van der Waals surface area contributed by atoms with E-state index in [0.29, 0.717) is 0 Å². The maximum Gasteiger partial charge on any atom is 3.00 e. The van der Waals surface area contributed by atoms with E-state index in [-0.39, 0.29) is 22.5 Å². The van der Waals surface area contributed by atoms with Gasteiger partial charge in [0.2, 0.25) is 0 Å². The summed E-state index contributed by atoms with van der Waals surface area (Å²) in [6, 6.07) is 0. The maximum atomic E-state index is 8.66. The van der Waals surface area contributed by atoms with Crippen molar-refractivity contribution in [3.8, 4) is 0 Å². The van der Waals surface area contributed by atoms with Crippen molar-refractivity contribution in [2.45, 2.75) is 0 Å². The Morgan fingerprint density at radius 2 is 1.43 bits per heavy atom. The van der Waals surface area contributed by atoms with Gasteiger partial charge in [0.25, 0.3) is 0 Å². The van der Waals surface area contributed by atoms with E-state index in [1.807, 2.05) is 0 Å². The van der Waals surface area contributed by atoms with Crippen LogP contribution in [-0.4, -0.2) is 10.4 Å². The summed E-state index contributed by atoms with van der Waals surface area (Å²) in [7, 11) is -5.14. The Hall–Kier alpha value is 0.589. The van der Waals surface area contributed by atoms with Gasteiger partial charge in [-0.2, -0.15) is 0 Å². The Morgan fingerprint density at radius 1 is 1.43 bits per heavy atom. The van der Waals surface area contributed by atoms with Crippen LogP contribution in [0.5, 0.6) is 0 Å². The fraction of sp³-hybridized carbons (Fsp3) is 0. The molecule has 0 amide bonds. The van der Waals surface area contributed by atoms with Crippen molar-refractivity contribution in [3.63, 3.8) is 0 Å². The van der Waals surface area contributed by atoms with Crippen molar-refractivity contribution in [3.05, 3.63) is 0 Å².